The minimum absolute atomic E-state index is 0.400. The highest BCUT2D eigenvalue weighted by Crippen LogP contribution is 2.17. The van der Waals surface area contributed by atoms with Gasteiger partial charge in [0.25, 0.3) is 5.54 Å². The maximum Gasteiger partial charge on any atom is 0.305 e. The molecule has 70 valence electrons. The van der Waals surface area contributed by atoms with Gasteiger partial charge in [-0.05, 0) is 0 Å². The van der Waals surface area contributed by atoms with Crippen molar-refractivity contribution in [2.45, 2.75) is 5.54 Å². The van der Waals surface area contributed by atoms with Gasteiger partial charge in [-0.3, -0.25) is 18.5 Å². The lowest BCUT2D eigenvalue weighted by molar-refractivity contribution is -0.580. The van der Waals surface area contributed by atoms with E-state index < -0.39 is 41.6 Å². The van der Waals surface area contributed by atoms with E-state index in [0.29, 0.717) is 0 Å². The predicted octanol–water partition coefficient (Wildman–Crippen LogP) is -1.38. The van der Waals surface area contributed by atoms with E-state index in [9.17, 15) is 14.3 Å². The quantitative estimate of drug-likeness (QED) is 0.432. The Kier molecular flexibility index (Phi) is 2.73. The molecule has 1 rings (SSSR count). The lowest BCUT2D eigenvalue weighted by Gasteiger charge is -2.25. The molecule has 8 heteroatoms. The van der Waals surface area contributed by atoms with Crippen molar-refractivity contribution in [3.8, 4) is 0 Å². The van der Waals surface area contributed by atoms with Crippen LogP contribution in [0.1, 0.15) is 0 Å². The highest BCUT2D eigenvalue weighted by atomic mass is 32.2. The molecule has 0 atom stereocenters. The van der Waals surface area contributed by atoms with E-state index in [1.807, 2.05) is 0 Å². The predicted molar refractivity (Wildman–Crippen MR) is 36.9 cm³/mol. The van der Waals surface area contributed by atoms with Crippen LogP contribution < -0.4 is 0 Å². The molecule has 0 radical (unpaired) electrons. The van der Waals surface area contributed by atoms with E-state index in [2.05, 4.69) is 8.37 Å². The molecular weight excluding hydrogens is 190 g/mol. The lowest BCUT2D eigenvalue weighted by Crippen LogP contribution is -2.53. The molecule has 0 aliphatic carbocycles. The average molecular weight is 197 g/mol. The van der Waals surface area contributed by atoms with Gasteiger partial charge in [0, 0.05) is 4.92 Å². The third-order valence-electron chi connectivity index (χ3n) is 1.53. The molecule has 7 nitrogen and oxygen atoms in total. The molecular formula is C4H7NO6S. The molecule has 1 N–H and O–H groups in total. The first-order valence-corrected chi connectivity index (χ1v) is 4.04. The van der Waals surface area contributed by atoms with E-state index in [-0.39, 0.29) is 0 Å². The maximum atomic E-state index is 10.5. The summed E-state index contributed by atoms with van der Waals surface area (Å²) in [6, 6.07) is 0. The number of aliphatic hydroxyl groups is 1. The summed E-state index contributed by atoms with van der Waals surface area (Å²) in [5.41, 5.74) is -1.66. The monoisotopic (exact) mass is 197 g/mol. The number of aliphatic hydroxyl groups excluding tert-OH is 1. The molecule has 0 aromatic carbocycles. The maximum absolute atomic E-state index is 10.5. The van der Waals surface area contributed by atoms with E-state index in [4.69, 9.17) is 5.11 Å². The molecule has 1 aliphatic heterocycles. The highest BCUT2D eigenvalue weighted by Gasteiger charge is 2.47. The number of hydrogen-bond donors (Lipinski definition) is 1. The normalized spacial score (nSPS) is 36.2. The molecule has 1 fully saturated rings. The van der Waals surface area contributed by atoms with E-state index >= 15 is 0 Å². The summed E-state index contributed by atoms with van der Waals surface area (Å²) in [5.74, 6) is 0. The van der Waals surface area contributed by atoms with Gasteiger partial charge in [-0.1, -0.05) is 0 Å². The fourth-order valence-electron chi connectivity index (χ4n) is 0.646. The van der Waals surface area contributed by atoms with Crippen molar-refractivity contribution in [2.75, 3.05) is 19.8 Å². The summed E-state index contributed by atoms with van der Waals surface area (Å²) < 4.78 is 19.2. The van der Waals surface area contributed by atoms with Crippen LogP contribution in [-0.4, -0.2) is 39.6 Å². The zero-order valence-corrected chi connectivity index (χ0v) is 6.78. The van der Waals surface area contributed by atoms with Crippen LogP contribution in [0.25, 0.3) is 0 Å². The van der Waals surface area contributed by atoms with Gasteiger partial charge in [0.05, 0.1) is 0 Å². The summed E-state index contributed by atoms with van der Waals surface area (Å²) in [5, 5.41) is 19.1. The number of hydrogen-bond acceptors (Lipinski definition) is 6. The molecule has 0 saturated carbocycles. The van der Waals surface area contributed by atoms with Crippen molar-refractivity contribution in [2.24, 2.45) is 0 Å². The summed E-state index contributed by atoms with van der Waals surface area (Å²) in [6.45, 7) is -1.50. The zero-order chi connectivity index (χ0) is 9.19. The Balaban J connectivity index is 2.69. The van der Waals surface area contributed by atoms with Crippen LogP contribution >= 0.6 is 0 Å². The van der Waals surface area contributed by atoms with Gasteiger partial charge < -0.3 is 5.11 Å². The topological polar surface area (TPSA) is 98.9 Å². The smallest absolute Gasteiger partial charge is 0.305 e. The molecule has 0 unspecified atom stereocenters. The van der Waals surface area contributed by atoms with Crippen LogP contribution in [0.3, 0.4) is 0 Å². The van der Waals surface area contributed by atoms with Crippen LogP contribution in [-0.2, 0) is 19.7 Å². The third kappa shape index (κ3) is 1.61. The first-order valence-electron chi connectivity index (χ1n) is 3.04. The molecule has 1 saturated heterocycles. The van der Waals surface area contributed by atoms with E-state index in [1.165, 1.54) is 0 Å². The van der Waals surface area contributed by atoms with Gasteiger partial charge in [-0.15, -0.1) is 0 Å². The summed E-state index contributed by atoms with van der Waals surface area (Å²) in [4.78, 5) is 9.71. The van der Waals surface area contributed by atoms with Crippen molar-refractivity contribution >= 4 is 11.4 Å². The molecule has 0 aromatic rings. The van der Waals surface area contributed by atoms with Gasteiger partial charge in [0.1, 0.15) is 19.8 Å². The number of rotatable bonds is 2. The first-order chi connectivity index (χ1) is 5.60. The Morgan fingerprint density at radius 3 is 2.42 bits per heavy atom. The fraction of sp³-hybridized carbons (Fsp3) is 1.00. The van der Waals surface area contributed by atoms with Crippen molar-refractivity contribution in [3.63, 3.8) is 0 Å². The SMILES string of the molecule is O=[N+]([O-])C1(CO)COS(=O)OC1. The highest BCUT2D eigenvalue weighted by molar-refractivity contribution is 7.75. The molecule has 0 spiro atoms. The number of nitrogens with zero attached hydrogens (tertiary/aromatic N) is 1. The largest absolute Gasteiger partial charge is 0.389 e. The van der Waals surface area contributed by atoms with Crippen LogP contribution in [0.2, 0.25) is 0 Å². The fourth-order valence-corrected chi connectivity index (χ4v) is 1.34. The van der Waals surface area contributed by atoms with Gasteiger partial charge >= 0.3 is 11.4 Å². The first kappa shape index (κ1) is 9.52. The van der Waals surface area contributed by atoms with Gasteiger partial charge in [0.2, 0.25) is 0 Å². The van der Waals surface area contributed by atoms with Crippen LogP contribution in [0, 0.1) is 10.1 Å². The van der Waals surface area contributed by atoms with Crippen LogP contribution in [0.15, 0.2) is 0 Å². The minimum Gasteiger partial charge on any atom is -0.389 e. The van der Waals surface area contributed by atoms with Crippen LogP contribution in [0.5, 0.6) is 0 Å². The van der Waals surface area contributed by atoms with Crippen molar-refractivity contribution in [1.29, 1.82) is 0 Å². The second-order valence-electron chi connectivity index (χ2n) is 2.37. The standard InChI is InChI=1S/C4H7NO6S/c6-1-4(5(7)8)2-10-12(9)11-3-4/h6H,1-3H2. The number of nitro groups is 1. The molecule has 12 heavy (non-hydrogen) atoms. The summed E-state index contributed by atoms with van der Waals surface area (Å²) in [6.07, 6.45) is 0. The second kappa shape index (κ2) is 3.44. The van der Waals surface area contributed by atoms with Gasteiger partial charge in [-0.2, -0.15) is 4.21 Å². The summed E-state index contributed by atoms with van der Waals surface area (Å²) in [7, 11) is 0. The Morgan fingerprint density at radius 2 is 2.08 bits per heavy atom. The van der Waals surface area contributed by atoms with Gasteiger partial charge in [-0.25, -0.2) is 0 Å². The second-order valence-corrected chi connectivity index (χ2v) is 3.25. The van der Waals surface area contributed by atoms with E-state index in [1.54, 1.807) is 0 Å². The zero-order valence-electron chi connectivity index (χ0n) is 5.97. The lowest BCUT2D eigenvalue weighted by atomic mass is 10.1. The summed E-state index contributed by atoms with van der Waals surface area (Å²) >= 11 is -1.92. The van der Waals surface area contributed by atoms with Gasteiger partial charge in [0.15, 0.2) is 0 Å². The molecule has 0 aromatic heterocycles. The molecule has 1 heterocycles. The Bertz CT molecular complexity index is 208. The Labute approximate surface area is 70.3 Å². The van der Waals surface area contributed by atoms with E-state index in [0.717, 1.165) is 0 Å². The van der Waals surface area contributed by atoms with Crippen molar-refractivity contribution < 1.29 is 22.6 Å². The average Bonchev–Trinajstić information content (AvgIpc) is 2.06. The van der Waals surface area contributed by atoms with Crippen molar-refractivity contribution in [1.82, 2.24) is 0 Å². The third-order valence-corrected chi connectivity index (χ3v) is 2.15. The Morgan fingerprint density at radius 1 is 1.58 bits per heavy atom. The molecule has 0 bridgehead atoms. The minimum atomic E-state index is -1.92. The molecule has 0 amide bonds. The molecule has 1 aliphatic rings. The Hall–Kier alpha value is -0.570. The van der Waals surface area contributed by atoms with Crippen molar-refractivity contribution in [3.05, 3.63) is 10.1 Å². The van der Waals surface area contributed by atoms with Crippen LogP contribution in [0.4, 0.5) is 0 Å².